The standard InChI is InChI=1S/C12H13BrF3NO/c1-2-3-4-11(17)8-5-9(13)7-10(6-8)18-12(14,15)16/h2,5-7,11H,1,3-4,17H2/t11-/m1/s1. The monoisotopic (exact) mass is 323 g/mol. The molecule has 1 aromatic rings. The average Bonchev–Trinajstić information content (AvgIpc) is 2.22. The van der Waals surface area contributed by atoms with E-state index >= 15 is 0 Å². The molecule has 1 aromatic carbocycles. The van der Waals surface area contributed by atoms with Gasteiger partial charge < -0.3 is 10.5 Å². The van der Waals surface area contributed by atoms with Gasteiger partial charge in [0.2, 0.25) is 0 Å². The van der Waals surface area contributed by atoms with Crippen LogP contribution in [-0.2, 0) is 0 Å². The quantitative estimate of drug-likeness (QED) is 0.819. The van der Waals surface area contributed by atoms with Crippen molar-refractivity contribution in [3.05, 3.63) is 40.9 Å². The topological polar surface area (TPSA) is 35.2 Å². The molecule has 0 saturated heterocycles. The smallest absolute Gasteiger partial charge is 0.406 e. The fraction of sp³-hybridized carbons (Fsp3) is 0.333. The van der Waals surface area contributed by atoms with Crippen LogP contribution in [0.5, 0.6) is 5.75 Å². The first-order valence-electron chi connectivity index (χ1n) is 5.24. The molecule has 0 radical (unpaired) electrons. The molecule has 6 heteroatoms. The van der Waals surface area contributed by atoms with E-state index in [9.17, 15) is 13.2 Å². The molecule has 0 aliphatic rings. The number of nitrogens with two attached hydrogens (primary N) is 1. The van der Waals surface area contributed by atoms with Crippen LogP contribution >= 0.6 is 15.9 Å². The average molecular weight is 324 g/mol. The maximum Gasteiger partial charge on any atom is 0.573 e. The molecular formula is C12H13BrF3NO. The lowest BCUT2D eigenvalue weighted by molar-refractivity contribution is -0.274. The van der Waals surface area contributed by atoms with E-state index in [0.29, 0.717) is 22.9 Å². The molecule has 0 aliphatic heterocycles. The van der Waals surface area contributed by atoms with Gasteiger partial charge in [0.05, 0.1) is 0 Å². The third-order valence-corrected chi connectivity index (χ3v) is 2.69. The largest absolute Gasteiger partial charge is 0.573 e. The van der Waals surface area contributed by atoms with Gasteiger partial charge in [-0.2, -0.15) is 0 Å². The minimum absolute atomic E-state index is 0.277. The van der Waals surface area contributed by atoms with Crippen molar-refractivity contribution in [3.63, 3.8) is 0 Å². The summed E-state index contributed by atoms with van der Waals surface area (Å²) in [5.41, 5.74) is 6.47. The maximum absolute atomic E-state index is 12.1. The second-order valence-corrected chi connectivity index (χ2v) is 4.66. The summed E-state index contributed by atoms with van der Waals surface area (Å²) >= 11 is 3.13. The van der Waals surface area contributed by atoms with E-state index in [1.807, 2.05) is 0 Å². The molecule has 0 saturated carbocycles. The molecule has 0 unspecified atom stereocenters. The molecule has 100 valence electrons. The van der Waals surface area contributed by atoms with Gasteiger partial charge >= 0.3 is 6.36 Å². The fourth-order valence-corrected chi connectivity index (χ4v) is 1.95. The lowest BCUT2D eigenvalue weighted by atomic mass is 10.0. The highest BCUT2D eigenvalue weighted by Gasteiger charge is 2.31. The summed E-state index contributed by atoms with van der Waals surface area (Å²) < 4.78 is 40.7. The Labute approximate surface area is 112 Å². The number of hydrogen-bond donors (Lipinski definition) is 1. The SMILES string of the molecule is C=CCC[C@@H](N)c1cc(Br)cc(OC(F)(F)F)c1. The minimum atomic E-state index is -4.71. The Balaban J connectivity index is 2.89. The van der Waals surface area contributed by atoms with Crippen LogP contribution in [0.3, 0.4) is 0 Å². The van der Waals surface area contributed by atoms with E-state index in [1.165, 1.54) is 12.1 Å². The van der Waals surface area contributed by atoms with Crippen LogP contribution in [0, 0.1) is 0 Å². The van der Waals surface area contributed by atoms with E-state index in [0.717, 1.165) is 0 Å². The van der Waals surface area contributed by atoms with Gasteiger partial charge in [0.1, 0.15) is 5.75 Å². The molecule has 1 rings (SSSR count). The van der Waals surface area contributed by atoms with Gasteiger partial charge in [0.25, 0.3) is 0 Å². The highest BCUT2D eigenvalue weighted by Crippen LogP contribution is 2.30. The van der Waals surface area contributed by atoms with Crippen LogP contribution in [0.2, 0.25) is 0 Å². The van der Waals surface area contributed by atoms with Crippen molar-refractivity contribution in [2.24, 2.45) is 5.73 Å². The van der Waals surface area contributed by atoms with Gasteiger partial charge in [-0.15, -0.1) is 19.8 Å². The molecule has 0 aromatic heterocycles. The van der Waals surface area contributed by atoms with Crippen LogP contribution in [0.25, 0.3) is 0 Å². The van der Waals surface area contributed by atoms with Crippen LogP contribution in [0.15, 0.2) is 35.3 Å². The van der Waals surface area contributed by atoms with Crippen LogP contribution in [0.4, 0.5) is 13.2 Å². The highest BCUT2D eigenvalue weighted by atomic mass is 79.9. The predicted molar refractivity (Wildman–Crippen MR) is 67.2 cm³/mol. The first-order valence-corrected chi connectivity index (χ1v) is 6.04. The molecule has 0 aliphatic carbocycles. The van der Waals surface area contributed by atoms with Crippen molar-refractivity contribution in [2.75, 3.05) is 0 Å². The minimum Gasteiger partial charge on any atom is -0.406 e. The van der Waals surface area contributed by atoms with Gasteiger partial charge in [-0.25, -0.2) is 0 Å². The Hall–Kier alpha value is -1.01. The molecule has 0 amide bonds. The summed E-state index contributed by atoms with van der Waals surface area (Å²) in [5.74, 6) is -0.277. The van der Waals surface area contributed by atoms with Crippen molar-refractivity contribution in [2.45, 2.75) is 25.2 Å². The molecule has 1 atom stereocenters. The number of alkyl halides is 3. The summed E-state index contributed by atoms with van der Waals surface area (Å²) in [6.45, 7) is 3.57. The summed E-state index contributed by atoms with van der Waals surface area (Å²) in [4.78, 5) is 0. The molecule has 18 heavy (non-hydrogen) atoms. The summed E-state index contributed by atoms with van der Waals surface area (Å²) in [6, 6.07) is 3.87. The van der Waals surface area contributed by atoms with Crippen molar-refractivity contribution >= 4 is 15.9 Å². The Morgan fingerprint density at radius 3 is 2.61 bits per heavy atom. The first kappa shape index (κ1) is 15.0. The number of halogens is 4. The molecular weight excluding hydrogens is 311 g/mol. The number of allylic oxidation sites excluding steroid dienone is 1. The van der Waals surface area contributed by atoms with Gasteiger partial charge in [0, 0.05) is 10.5 Å². The van der Waals surface area contributed by atoms with Gasteiger partial charge in [0.15, 0.2) is 0 Å². The summed E-state index contributed by atoms with van der Waals surface area (Å²) in [7, 11) is 0. The van der Waals surface area contributed by atoms with E-state index in [-0.39, 0.29) is 11.8 Å². The van der Waals surface area contributed by atoms with E-state index in [2.05, 4.69) is 27.2 Å². The van der Waals surface area contributed by atoms with Crippen molar-refractivity contribution in [1.82, 2.24) is 0 Å². The van der Waals surface area contributed by atoms with Gasteiger partial charge in [-0.3, -0.25) is 0 Å². The molecule has 0 bridgehead atoms. The molecule has 0 spiro atoms. The van der Waals surface area contributed by atoms with Gasteiger partial charge in [-0.1, -0.05) is 22.0 Å². The first-order chi connectivity index (χ1) is 8.31. The number of hydrogen-bond acceptors (Lipinski definition) is 2. The predicted octanol–water partition coefficient (Wildman–Crippen LogP) is 4.31. The third-order valence-electron chi connectivity index (χ3n) is 2.24. The number of ether oxygens (including phenoxy) is 1. The van der Waals surface area contributed by atoms with Crippen LogP contribution in [0.1, 0.15) is 24.4 Å². The van der Waals surface area contributed by atoms with Crippen molar-refractivity contribution in [1.29, 1.82) is 0 Å². The molecule has 0 fully saturated rings. The molecule has 2 nitrogen and oxygen atoms in total. The van der Waals surface area contributed by atoms with Crippen molar-refractivity contribution < 1.29 is 17.9 Å². The Kier molecular flexibility index (Phi) is 5.22. The molecule has 0 heterocycles. The maximum atomic E-state index is 12.1. The highest BCUT2D eigenvalue weighted by molar-refractivity contribution is 9.10. The second-order valence-electron chi connectivity index (χ2n) is 3.74. The van der Waals surface area contributed by atoms with Gasteiger partial charge in [-0.05, 0) is 36.6 Å². The van der Waals surface area contributed by atoms with E-state index in [4.69, 9.17) is 5.73 Å². The van der Waals surface area contributed by atoms with E-state index in [1.54, 1.807) is 12.1 Å². The Morgan fingerprint density at radius 2 is 2.06 bits per heavy atom. The normalized spacial score (nSPS) is 13.2. The second kappa shape index (κ2) is 6.24. The van der Waals surface area contributed by atoms with Crippen LogP contribution < -0.4 is 10.5 Å². The molecule has 2 N–H and O–H groups in total. The zero-order chi connectivity index (χ0) is 13.8. The number of rotatable bonds is 5. The Bertz CT molecular complexity index is 420. The van der Waals surface area contributed by atoms with E-state index < -0.39 is 6.36 Å². The lowest BCUT2D eigenvalue weighted by Gasteiger charge is -2.14. The zero-order valence-electron chi connectivity index (χ0n) is 9.51. The zero-order valence-corrected chi connectivity index (χ0v) is 11.1. The third kappa shape index (κ3) is 5.10. The summed E-state index contributed by atoms with van der Waals surface area (Å²) in [5, 5.41) is 0. The van der Waals surface area contributed by atoms with Crippen LogP contribution in [-0.4, -0.2) is 6.36 Å². The lowest BCUT2D eigenvalue weighted by Crippen LogP contribution is -2.18. The fourth-order valence-electron chi connectivity index (χ4n) is 1.46. The van der Waals surface area contributed by atoms with Crippen molar-refractivity contribution in [3.8, 4) is 5.75 Å². The number of benzene rings is 1. The Morgan fingerprint density at radius 1 is 1.39 bits per heavy atom. The summed E-state index contributed by atoms with van der Waals surface area (Å²) in [6.07, 6.45) is -1.68.